The minimum absolute atomic E-state index is 0.264. The average Bonchev–Trinajstić information content (AvgIpc) is 2.87. The molecule has 1 atom stereocenters. The summed E-state index contributed by atoms with van der Waals surface area (Å²) in [4.78, 5) is 16.2. The molecular weight excluding hydrogens is 254 g/mol. The number of hydrogen-bond donors (Lipinski definition) is 0. The molecule has 0 saturated heterocycles. The molecule has 0 aliphatic carbocycles. The Kier molecular flexibility index (Phi) is 4.23. The van der Waals surface area contributed by atoms with Crippen LogP contribution in [-0.2, 0) is 16.0 Å². The van der Waals surface area contributed by atoms with Crippen LogP contribution in [0.5, 0.6) is 0 Å². The van der Waals surface area contributed by atoms with Crippen LogP contribution >= 0.6 is 0 Å². The fourth-order valence-corrected chi connectivity index (χ4v) is 1.90. The molecule has 0 spiro atoms. The van der Waals surface area contributed by atoms with Crippen molar-refractivity contribution < 1.29 is 13.9 Å². The molecule has 2 rings (SSSR count). The van der Waals surface area contributed by atoms with Crippen molar-refractivity contribution in [1.29, 1.82) is 0 Å². The molecule has 1 radical (unpaired) electrons. The summed E-state index contributed by atoms with van der Waals surface area (Å²) < 4.78 is 10.6. The van der Waals surface area contributed by atoms with Gasteiger partial charge in [0.2, 0.25) is 0 Å². The van der Waals surface area contributed by atoms with E-state index < -0.39 is 11.5 Å². The number of carbonyl (C=O) groups is 1. The third kappa shape index (κ3) is 3.95. The van der Waals surface area contributed by atoms with Crippen LogP contribution in [0.2, 0.25) is 0 Å². The van der Waals surface area contributed by atoms with Gasteiger partial charge in [0, 0.05) is 6.42 Å². The third-order valence-corrected chi connectivity index (χ3v) is 2.74. The van der Waals surface area contributed by atoms with Crippen molar-refractivity contribution in [2.24, 2.45) is 0 Å². The summed E-state index contributed by atoms with van der Waals surface area (Å²) in [6.07, 6.45) is 4.38. The fraction of sp³-hybridized carbons (Fsp3) is 0.375. The number of ether oxygens (including phenoxy) is 1. The van der Waals surface area contributed by atoms with E-state index in [1.165, 1.54) is 0 Å². The predicted molar refractivity (Wildman–Crippen MR) is 74.1 cm³/mol. The maximum absolute atomic E-state index is 12.4. The van der Waals surface area contributed by atoms with E-state index >= 15 is 0 Å². The molecule has 1 aromatic carbocycles. The second-order valence-corrected chi connectivity index (χ2v) is 5.62. The van der Waals surface area contributed by atoms with E-state index in [1.54, 1.807) is 6.20 Å². The van der Waals surface area contributed by atoms with Gasteiger partial charge in [-0.25, -0.2) is 4.98 Å². The van der Waals surface area contributed by atoms with Crippen LogP contribution in [0.1, 0.15) is 38.0 Å². The topological polar surface area (TPSA) is 52.3 Å². The first-order chi connectivity index (χ1) is 9.46. The number of carbonyl (C=O) groups excluding carboxylic acids is 1. The molecule has 0 N–H and O–H groups in total. The smallest absolute Gasteiger partial charge is 0.314 e. The summed E-state index contributed by atoms with van der Waals surface area (Å²) in [5.41, 5.74) is 0.385. The van der Waals surface area contributed by atoms with Crippen LogP contribution in [0, 0.1) is 6.39 Å². The van der Waals surface area contributed by atoms with Gasteiger partial charge in [-0.05, 0) is 26.3 Å². The van der Waals surface area contributed by atoms with E-state index in [4.69, 9.17) is 9.15 Å². The number of esters is 1. The highest BCUT2D eigenvalue weighted by Crippen LogP contribution is 2.24. The summed E-state index contributed by atoms with van der Waals surface area (Å²) in [5, 5.41) is 0. The number of oxazole rings is 1. The van der Waals surface area contributed by atoms with E-state index in [0.717, 1.165) is 5.56 Å². The number of benzene rings is 1. The summed E-state index contributed by atoms with van der Waals surface area (Å²) in [6.45, 7) is 5.57. The molecule has 0 bridgehead atoms. The largest absolute Gasteiger partial charge is 0.459 e. The van der Waals surface area contributed by atoms with Gasteiger partial charge in [0.25, 0.3) is 6.39 Å². The van der Waals surface area contributed by atoms with Gasteiger partial charge >= 0.3 is 5.97 Å². The van der Waals surface area contributed by atoms with Crippen LogP contribution in [0.4, 0.5) is 0 Å². The van der Waals surface area contributed by atoms with Crippen LogP contribution < -0.4 is 0 Å². The van der Waals surface area contributed by atoms with Crippen molar-refractivity contribution in [2.45, 2.75) is 38.7 Å². The zero-order valence-corrected chi connectivity index (χ0v) is 11.9. The minimum Gasteiger partial charge on any atom is -0.459 e. The second-order valence-electron chi connectivity index (χ2n) is 5.62. The van der Waals surface area contributed by atoms with Crippen LogP contribution in [0.25, 0.3) is 0 Å². The first-order valence-electron chi connectivity index (χ1n) is 6.54. The van der Waals surface area contributed by atoms with Crippen molar-refractivity contribution in [3.63, 3.8) is 0 Å². The normalized spacial score (nSPS) is 12.9. The van der Waals surface area contributed by atoms with E-state index in [0.29, 0.717) is 12.2 Å². The molecule has 0 unspecified atom stereocenters. The van der Waals surface area contributed by atoms with Crippen molar-refractivity contribution in [3.8, 4) is 0 Å². The predicted octanol–water partition coefficient (Wildman–Crippen LogP) is 3.14. The molecule has 1 heterocycles. The van der Waals surface area contributed by atoms with Gasteiger partial charge in [-0.1, -0.05) is 30.3 Å². The van der Waals surface area contributed by atoms with E-state index in [-0.39, 0.29) is 5.97 Å². The summed E-state index contributed by atoms with van der Waals surface area (Å²) in [5.74, 6) is -0.0541. The molecule has 1 aromatic heterocycles. The Hall–Kier alpha value is -2.10. The van der Waals surface area contributed by atoms with Crippen molar-refractivity contribution in [1.82, 2.24) is 4.98 Å². The average molecular weight is 272 g/mol. The van der Waals surface area contributed by atoms with Crippen molar-refractivity contribution in [3.05, 3.63) is 54.2 Å². The summed E-state index contributed by atoms with van der Waals surface area (Å²) >= 11 is 0. The Morgan fingerprint density at radius 3 is 2.60 bits per heavy atom. The third-order valence-electron chi connectivity index (χ3n) is 2.74. The molecule has 0 aliphatic rings. The molecule has 4 nitrogen and oxygen atoms in total. The lowest BCUT2D eigenvalue weighted by Crippen LogP contribution is -2.28. The first-order valence-corrected chi connectivity index (χ1v) is 6.54. The zero-order valence-electron chi connectivity index (χ0n) is 11.9. The zero-order chi connectivity index (χ0) is 14.6. The SMILES string of the molecule is CC(C)(C)OC(=O)[C@@H](Cc1cn[c]o1)c1ccccc1. The molecular formula is C16H18NO3. The summed E-state index contributed by atoms with van der Waals surface area (Å²) in [7, 11) is 0. The highest BCUT2D eigenvalue weighted by atomic mass is 16.6. The molecule has 4 heteroatoms. The van der Waals surface area contributed by atoms with Crippen LogP contribution in [0.3, 0.4) is 0 Å². The second kappa shape index (κ2) is 5.90. The molecule has 0 fully saturated rings. The Labute approximate surface area is 118 Å². The maximum Gasteiger partial charge on any atom is 0.314 e. The Morgan fingerprint density at radius 1 is 1.35 bits per heavy atom. The standard InChI is InChI=1S/C16H18NO3/c1-16(2,3)20-15(18)14(9-13-10-17-11-19-13)12-7-5-4-6-8-12/h4-8,10,14H,9H2,1-3H3/t14-/m0/s1. The van der Waals surface area contributed by atoms with Gasteiger partial charge in [-0.15, -0.1) is 0 Å². The van der Waals surface area contributed by atoms with E-state index in [2.05, 4.69) is 11.4 Å². The van der Waals surface area contributed by atoms with Crippen molar-refractivity contribution in [2.75, 3.05) is 0 Å². The van der Waals surface area contributed by atoms with Crippen LogP contribution in [0.15, 0.2) is 40.9 Å². The number of aromatic nitrogens is 1. The number of rotatable bonds is 4. The lowest BCUT2D eigenvalue weighted by molar-refractivity contribution is -0.156. The van der Waals surface area contributed by atoms with E-state index in [1.807, 2.05) is 51.1 Å². The molecule has 0 amide bonds. The lowest BCUT2D eigenvalue weighted by atomic mass is 9.94. The van der Waals surface area contributed by atoms with Crippen LogP contribution in [-0.4, -0.2) is 16.6 Å². The van der Waals surface area contributed by atoms with Gasteiger partial charge in [0.1, 0.15) is 11.4 Å². The van der Waals surface area contributed by atoms with Crippen molar-refractivity contribution >= 4 is 5.97 Å². The molecule has 20 heavy (non-hydrogen) atoms. The summed E-state index contributed by atoms with van der Waals surface area (Å²) in [6, 6.07) is 9.54. The fourth-order valence-electron chi connectivity index (χ4n) is 1.90. The Bertz CT molecular complexity index is 541. The molecule has 105 valence electrons. The Balaban J connectivity index is 2.22. The van der Waals surface area contributed by atoms with Gasteiger partial charge in [0.05, 0.1) is 12.1 Å². The minimum atomic E-state index is -0.516. The molecule has 0 aliphatic heterocycles. The highest BCUT2D eigenvalue weighted by molar-refractivity contribution is 5.78. The van der Waals surface area contributed by atoms with E-state index in [9.17, 15) is 4.79 Å². The molecule has 0 saturated carbocycles. The number of nitrogens with zero attached hydrogens (tertiary/aromatic N) is 1. The van der Waals surface area contributed by atoms with Gasteiger partial charge in [0.15, 0.2) is 0 Å². The number of hydrogen-bond acceptors (Lipinski definition) is 4. The van der Waals surface area contributed by atoms with Gasteiger partial charge < -0.3 is 9.15 Å². The molecule has 2 aromatic rings. The highest BCUT2D eigenvalue weighted by Gasteiger charge is 2.27. The van der Waals surface area contributed by atoms with Gasteiger partial charge in [-0.2, -0.15) is 0 Å². The monoisotopic (exact) mass is 272 g/mol. The maximum atomic E-state index is 12.4. The lowest BCUT2D eigenvalue weighted by Gasteiger charge is -2.23. The first kappa shape index (κ1) is 14.3. The van der Waals surface area contributed by atoms with Gasteiger partial charge in [-0.3, -0.25) is 4.79 Å². The Morgan fingerprint density at radius 2 is 2.05 bits per heavy atom. The quantitative estimate of drug-likeness (QED) is 0.802.